The van der Waals surface area contributed by atoms with Gasteiger partial charge in [0.15, 0.2) is 0 Å². The van der Waals surface area contributed by atoms with Crippen LogP contribution in [-0.2, 0) is 4.79 Å². The van der Waals surface area contributed by atoms with E-state index < -0.39 is 27.7 Å². The molecule has 0 aliphatic carbocycles. The average molecular weight is 266 g/mol. The molecule has 7 heteroatoms. The molecule has 102 valence electrons. The highest BCUT2D eigenvalue weighted by Crippen LogP contribution is 2.35. The van der Waals surface area contributed by atoms with Gasteiger partial charge in [0.25, 0.3) is 5.69 Å². The van der Waals surface area contributed by atoms with Gasteiger partial charge in [0.1, 0.15) is 6.29 Å². The summed E-state index contributed by atoms with van der Waals surface area (Å²) in [7, 11) is 0. The Morgan fingerprint density at radius 3 is 2.42 bits per heavy atom. The Hall–Kier alpha value is -2.31. The highest BCUT2D eigenvalue weighted by molar-refractivity contribution is 5.60. The van der Waals surface area contributed by atoms with E-state index in [1.54, 1.807) is 19.9 Å². The van der Waals surface area contributed by atoms with Crippen molar-refractivity contribution in [2.45, 2.75) is 19.8 Å². The maximum absolute atomic E-state index is 11.1. The van der Waals surface area contributed by atoms with Crippen LogP contribution in [0.4, 0.5) is 5.69 Å². The van der Waals surface area contributed by atoms with Crippen molar-refractivity contribution in [3.8, 4) is 0 Å². The molecule has 0 amide bonds. The van der Waals surface area contributed by atoms with Gasteiger partial charge in [-0.25, -0.2) is 0 Å². The van der Waals surface area contributed by atoms with Crippen LogP contribution >= 0.6 is 0 Å². The molecule has 1 aromatic carbocycles. The van der Waals surface area contributed by atoms with Gasteiger partial charge in [-0.3, -0.25) is 20.2 Å². The number of aldehydes is 1. The monoisotopic (exact) mass is 266 g/mol. The first kappa shape index (κ1) is 14.7. The van der Waals surface area contributed by atoms with E-state index in [9.17, 15) is 25.0 Å². The van der Waals surface area contributed by atoms with Crippen molar-refractivity contribution in [2.24, 2.45) is 5.41 Å². The number of carbonyl (C=O) groups excluding carboxylic acids is 1. The third kappa shape index (κ3) is 3.57. The summed E-state index contributed by atoms with van der Waals surface area (Å²) in [6.07, 6.45) is 0.639. The molecule has 0 radical (unpaired) electrons. The molecular weight excluding hydrogens is 252 g/mol. The highest BCUT2D eigenvalue weighted by atomic mass is 16.6. The molecule has 0 saturated carbocycles. The normalized spacial score (nSPS) is 12.7. The van der Waals surface area contributed by atoms with Crippen molar-refractivity contribution in [1.82, 2.24) is 0 Å². The SMILES string of the molecule is CC(C)(C=O)[C@H](C[N+](=O)[O-])c1cccc([N+](=O)[O-])c1. The molecular formula is C12H14N2O5. The van der Waals surface area contributed by atoms with Crippen molar-refractivity contribution >= 4 is 12.0 Å². The third-order valence-corrected chi connectivity index (χ3v) is 3.02. The lowest BCUT2D eigenvalue weighted by Gasteiger charge is -2.26. The van der Waals surface area contributed by atoms with Crippen LogP contribution in [-0.4, -0.2) is 22.7 Å². The number of rotatable bonds is 6. The second kappa shape index (κ2) is 5.55. The Kier molecular flexibility index (Phi) is 4.31. The van der Waals surface area contributed by atoms with Crippen molar-refractivity contribution in [3.63, 3.8) is 0 Å². The molecule has 0 heterocycles. The molecule has 0 unspecified atom stereocenters. The zero-order valence-corrected chi connectivity index (χ0v) is 10.6. The van der Waals surface area contributed by atoms with Gasteiger partial charge in [0.2, 0.25) is 6.54 Å². The van der Waals surface area contributed by atoms with Crippen molar-refractivity contribution in [3.05, 3.63) is 50.1 Å². The van der Waals surface area contributed by atoms with E-state index in [1.807, 2.05) is 0 Å². The maximum Gasteiger partial charge on any atom is 0.269 e. The zero-order valence-electron chi connectivity index (χ0n) is 10.6. The van der Waals surface area contributed by atoms with Crippen molar-refractivity contribution < 1.29 is 14.6 Å². The summed E-state index contributed by atoms with van der Waals surface area (Å²) in [5.41, 5.74) is -0.696. The summed E-state index contributed by atoms with van der Waals surface area (Å²) in [4.78, 5) is 31.4. The van der Waals surface area contributed by atoms with E-state index in [4.69, 9.17) is 0 Å². The summed E-state index contributed by atoms with van der Waals surface area (Å²) in [6, 6.07) is 5.60. The van der Waals surface area contributed by atoms with Gasteiger partial charge >= 0.3 is 0 Å². The molecule has 0 aliphatic heterocycles. The van der Waals surface area contributed by atoms with Crippen LogP contribution in [0.1, 0.15) is 25.3 Å². The summed E-state index contributed by atoms with van der Waals surface area (Å²) in [5, 5.41) is 21.4. The van der Waals surface area contributed by atoms with E-state index >= 15 is 0 Å². The van der Waals surface area contributed by atoms with Crippen molar-refractivity contribution in [2.75, 3.05) is 6.54 Å². The number of nitro benzene ring substituents is 1. The molecule has 0 aromatic heterocycles. The third-order valence-electron chi connectivity index (χ3n) is 3.02. The van der Waals surface area contributed by atoms with E-state index in [0.717, 1.165) is 0 Å². The molecule has 1 rings (SSSR count). The van der Waals surface area contributed by atoms with E-state index in [2.05, 4.69) is 0 Å². The number of benzene rings is 1. The Morgan fingerprint density at radius 2 is 1.95 bits per heavy atom. The fourth-order valence-electron chi connectivity index (χ4n) is 1.86. The first-order chi connectivity index (χ1) is 8.77. The summed E-state index contributed by atoms with van der Waals surface area (Å²) in [6.45, 7) is 2.70. The van der Waals surface area contributed by atoms with Crippen LogP contribution in [0.5, 0.6) is 0 Å². The van der Waals surface area contributed by atoms with Gasteiger partial charge < -0.3 is 4.79 Å². The minimum absolute atomic E-state index is 0.146. The lowest BCUT2D eigenvalue weighted by Crippen LogP contribution is -2.29. The Balaban J connectivity index is 3.24. The van der Waals surface area contributed by atoms with E-state index in [0.29, 0.717) is 11.8 Å². The van der Waals surface area contributed by atoms with Crippen LogP contribution in [0.15, 0.2) is 24.3 Å². The molecule has 0 fully saturated rings. The number of hydrogen-bond acceptors (Lipinski definition) is 5. The summed E-state index contributed by atoms with van der Waals surface area (Å²) < 4.78 is 0. The second-order valence-electron chi connectivity index (χ2n) is 4.86. The molecule has 0 bridgehead atoms. The standard InChI is InChI=1S/C12H14N2O5/c1-12(2,8-15)11(7-13(16)17)9-4-3-5-10(6-9)14(18)19/h3-6,8,11H,7H2,1-2H3/t11-/m1/s1. The smallest absolute Gasteiger partial charge is 0.269 e. The Bertz CT molecular complexity index is 513. The number of hydrogen-bond donors (Lipinski definition) is 0. The van der Waals surface area contributed by atoms with Gasteiger partial charge in [-0.2, -0.15) is 0 Å². The quantitative estimate of drug-likeness (QED) is 0.446. The number of nitro groups is 2. The predicted molar refractivity (Wildman–Crippen MR) is 67.5 cm³/mol. The Morgan fingerprint density at radius 1 is 1.32 bits per heavy atom. The molecule has 0 saturated heterocycles. The zero-order chi connectivity index (χ0) is 14.6. The number of non-ortho nitro benzene ring substituents is 1. The lowest BCUT2D eigenvalue weighted by molar-refractivity contribution is -0.485. The van der Waals surface area contributed by atoms with Gasteiger partial charge in [-0.1, -0.05) is 26.0 Å². The van der Waals surface area contributed by atoms with Crippen LogP contribution in [0.3, 0.4) is 0 Å². The Labute approximate surface area is 109 Å². The van der Waals surface area contributed by atoms with E-state index in [1.165, 1.54) is 18.2 Å². The fourth-order valence-corrected chi connectivity index (χ4v) is 1.86. The topological polar surface area (TPSA) is 103 Å². The molecule has 1 atom stereocenters. The molecule has 7 nitrogen and oxygen atoms in total. The van der Waals surface area contributed by atoms with Crippen LogP contribution in [0, 0.1) is 25.6 Å². The highest BCUT2D eigenvalue weighted by Gasteiger charge is 2.35. The first-order valence-corrected chi connectivity index (χ1v) is 5.60. The largest absolute Gasteiger partial charge is 0.303 e. The molecule has 0 spiro atoms. The van der Waals surface area contributed by atoms with Crippen LogP contribution < -0.4 is 0 Å². The lowest BCUT2D eigenvalue weighted by atomic mass is 9.76. The van der Waals surface area contributed by atoms with Gasteiger partial charge in [-0.15, -0.1) is 0 Å². The predicted octanol–water partition coefficient (Wildman–Crippen LogP) is 2.18. The van der Waals surface area contributed by atoms with Crippen molar-refractivity contribution in [1.29, 1.82) is 0 Å². The summed E-state index contributed by atoms with van der Waals surface area (Å²) >= 11 is 0. The number of nitrogens with zero attached hydrogens (tertiary/aromatic N) is 2. The second-order valence-corrected chi connectivity index (χ2v) is 4.86. The summed E-state index contributed by atoms with van der Waals surface area (Å²) in [5.74, 6) is -0.708. The van der Waals surface area contributed by atoms with E-state index in [-0.39, 0.29) is 5.69 Å². The van der Waals surface area contributed by atoms with Crippen LogP contribution in [0.2, 0.25) is 0 Å². The van der Waals surface area contributed by atoms with Crippen LogP contribution in [0.25, 0.3) is 0 Å². The molecule has 19 heavy (non-hydrogen) atoms. The minimum atomic E-state index is -0.970. The molecule has 0 N–H and O–H groups in total. The minimum Gasteiger partial charge on any atom is -0.303 e. The maximum atomic E-state index is 11.1. The van der Waals surface area contributed by atoms with Gasteiger partial charge in [0.05, 0.1) is 10.8 Å². The first-order valence-electron chi connectivity index (χ1n) is 5.60. The van der Waals surface area contributed by atoms with Gasteiger partial charge in [0, 0.05) is 22.5 Å². The average Bonchev–Trinajstić information content (AvgIpc) is 2.35. The molecule has 0 aliphatic rings. The van der Waals surface area contributed by atoms with Gasteiger partial charge in [-0.05, 0) is 5.56 Å². The fraction of sp³-hybridized carbons (Fsp3) is 0.417. The molecule has 1 aromatic rings. The number of carbonyl (C=O) groups is 1.